The van der Waals surface area contributed by atoms with Crippen LogP contribution in [-0.4, -0.2) is 53.2 Å². The predicted molar refractivity (Wildman–Crippen MR) is 122 cm³/mol. The van der Waals surface area contributed by atoms with Crippen molar-refractivity contribution >= 4 is 34.5 Å². The minimum atomic E-state index is -0.627. The second-order valence-corrected chi connectivity index (χ2v) is 8.69. The van der Waals surface area contributed by atoms with E-state index in [-0.39, 0.29) is 24.1 Å². The van der Waals surface area contributed by atoms with Gasteiger partial charge in [-0.1, -0.05) is 11.8 Å². The number of thioether (sulfide) groups is 1. The van der Waals surface area contributed by atoms with Crippen LogP contribution >= 0.6 is 11.8 Å². The predicted octanol–water partition coefficient (Wildman–Crippen LogP) is 3.03. The lowest BCUT2D eigenvalue weighted by Crippen LogP contribution is -2.38. The van der Waals surface area contributed by atoms with E-state index in [1.807, 2.05) is 10.3 Å². The fourth-order valence-corrected chi connectivity index (χ4v) is 5.06. The zero-order valence-electron chi connectivity index (χ0n) is 18.3. The molecule has 0 aromatic heterocycles. The number of nitrogens with zero attached hydrogens (tertiary/aromatic N) is 3. The van der Waals surface area contributed by atoms with Crippen LogP contribution < -0.4 is 5.32 Å². The monoisotopic (exact) mass is 472 g/mol. The summed E-state index contributed by atoms with van der Waals surface area (Å²) in [6.07, 6.45) is 2.05. The highest BCUT2D eigenvalue weighted by Gasteiger charge is 2.41. The van der Waals surface area contributed by atoms with Gasteiger partial charge in [0.1, 0.15) is 0 Å². The van der Waals surface area contributed by atoms with Crippen molar-refractivity contribution in [2.75, 3.05) is 20.3 Å². The molecule has 33 heavy (non-hydrogen) atoms. The highest BCUT2D eigenvalue weighted by atomic mass is 32.2. The SMILES string of the molecule is COC(=O)C1=C(C)N=C2SC=C(CC(=O)NC[C@@H]3CCCO3)N2[C@@H]1c1ccc([N+](=O)[O-])cc1. The molecule has 1 aromatic rings. The Hall–Kier alpha value is -3.18. The molecule has 0 saturated carbocycles. The van der Waals surface area contributed by atoms with Crippen LogP contribution in [0.25, 0.3) is 0 Å². The second kappa shape index (κ2) is 9.75. The molecular formula is C22H24N4O6S. The number of fused-ring (bicyclic) bond motifs is 1. The number of carbonyl (C=O) groups is 2. The van der Waals surface area contributed by atoms with Gasteiger partial charge < -0.3 is 19.7 Å². The Morgan fingerprint density at radius 3 is 2.76 bits per heavy atom. The van der Waals surface area contributed by atoms with Gasteiger partial charge in [0, 0.05) is 31.0 Å². The molecule has 0 aliphatic carbocycles. The van der Waals surface area contributed by atoms with Crippen molar-refractivity contribution < 1.29 is 24.0 Å². The normalized spacial score (nSPS) is 21.9. The molecule has 1 aromatic carbocycles. The average molecular weight is 473 g/mol. The Morgan fingerprint density at radius 1 is 1.36 bits per heavy atom. The number of ether oxygens (including phenoxy) is 2. The number of allylic oxidation sites excluding steroid dienone is 1. The number of rotatable bonds is 7. The van der Waals surface area contributed by atoms with Crippen LogP contribution in [-0.2, 0) is 19.1 Å². The summed E-state index contributed by atoms with van der Waals surface area (Å²) < 4.78 is 10.6. The number of nitrogens with one attached hydrogen (secondary N) is 1. The Morgan fingerprint density at radius 2 is 2.12 bits per heavy atom. The first-order chi connectivity index (χ1) is 15.9. The number of esters is 1. The fraction of sp³-hybridized carbons (Fsp3) is 0.409. The minimum absolute atomic E-state index is 0.0392. The van der Waals surface area contributed by atoms with E-state index in [1.165, 1.54) is 31.0 Å². The number of hydrogen-bond donors (Lipinski definition) is 1. The molecule has 4 rings (SSSR count). The number of carbonyl (C=O) groups excluding carboxylic acids is 2. The van der Waals surface area contributed by atoms with Crippen LogP contribution in [0.15, 0.2) is 51.6 Å². The lowest BCUT2D eigenvalue weighted by molar-refractivity contribution is -0.384. The summed E-state index contributed by atoms with van der Waals surface area (Å²) in [7, 11) is 1.29. The van der Waals surface area contributed by atoms with E-state index in [0.717, 1.165) is 19.4 Å². The minimum Gasteiger partial charge on any atom is -0.466 e. The van der Waals surface area contributed by atoms with Crippen molar-refractivity contribution in [1.29, 1.82) is 0 Å². The summed E-state index contributed by atoms with van der Waals surface area (Å²) >= 11 is 1.37. The standard InChI is InChI=1S/C22H24N4O6S/c1-13-19(21(28)31-2)20(14-5-7-15(8-6-14)26(29)30)25-16(12-33-22(25)24-13)10-18(27)23-11-17-4-3-9-32-17/h5-8,12,17,20H,3-4,9-11H2,1-2H3,(H,23,27)/t17-,20+/m0/s1. The molecule has 10 nitrogen and oxygen atoms in total. The summed E-state index contributed by atoms with van der Waals surface area (Å²) in [5, 5.41) is 16.5. The molecule has 0 bridgehead atoms. The van der Waals surface area contributed by atoms with Crippen molar-refractivity contribution in [2.24, 2.45) is 4.99 Å². The van der Waals surface area contributed by atoms with Crippen LogP contribution in [0.5, 0.6) is 0 Å². The van der Waals surface area contributed by atoms with E-state index >= 15 is 0 Å². The van der Waals surface area contributed by atoms with Crippen LogP contribution in [0.1, 0.15) is 37.8 Å². The zero-order chi connectivity index (χ0) is 23.5. The molecular weight excluding hydrogens is 448 g/mol. The van der Waals surface area contributed by atoms with Gasteiger partial charge in [-0.2, -0.15) is 0 Å². The van der Waals surface area contributed by atoms with Crippen molar-refractivity contribution in [1.82, 2.24) is 10.2 Å². The summed E-state index contributed by atoms with van der Waals surface area (Å²) in [5.41, 5.74) is 2.11. The molecule has 11 heteroatoms. The van der Waals surface area contributed by atoms with Gasteiger partial charge in [0.15, 0.2) is 5.17 Å². The number of benzene rings is 1. The topological polar surface area (TPSA) is 123 Å². The van der Waals surface area contributed by atoms with Gasteiger partial charge in [-0.05, 0) is 42.9 Å². The summed E-state index contributed by atoms with van der Waals surface area (Å²) in [6, 6.07) is 5.38. The van der Waals surface area contributed by atoms with Gasteiger partial charge in [0.2, 0.25) is 5.91 Å². The van der Waals surface area contributed by atoms with Crippen LogP contribution in [0.4, 0.5) is 5.69 Å². The number of nitro benzene ring substituents is 1. The summed E-state index contributed by atoms with van der Waals surface area (Å²) in [6.45, 7) is 2.90. The Labute approximate surface area is 194 Å². The van der Waals surface area contributed by atoms with E-state index in [1.54, 1.807) is 19.1 Å². The van der Waals surface area contributed by atoms with Crippen molar-refractivity contribution in [3.05, 3.63) is 62.3 Å². The highest BCUT2D eigenvalue weighted by molar-refractivity contribution is 8.16. The molecule has 3 aliphatic heterocycles. The van der Waals surface area contributed by atoms with Crippen molar-refractivity contribution in [2.45, 2.75) is 38.3 Å². The van der Waals surface area contributed by atoms with Gasteiger partial charge in [0.05, 0.1) is 41.9 Å². The molecule has 0 unspecified atom stereocenters. The van der Waals surface area contributed by atoms with Crippen molar-refractivity contribution in [3.8, 4) is 0 Å². The molecule has 1 N–H and O–H groups in total. The number of non-ortho nitro benzene ring substituents is 1. The second-order valence-electron chi connectivity index (χ2n) is 7.85. The Kier molecular flexibility index (Phi) is 6.80. The van der Waals surface area contributed by atoms with E-state index in [2.05, 4.69) is 10.3 Å². The largest absolute Gasteiger partial charge is 0.466 e. The molecule has 1 saturated heterocycles. The first-order valence-electron chi connectivity index (χ1n) is 10.5. The molecule has 1 fully saturated rings. The number of nitro groups is 1. The molecule has 3 aliphatic rings. The molecule has 2 atom stereocenters. The smallest absolute Gasteiger partial charge is 0.338 e. The van der Waals surface area contributed by atoms with Gasteiger partial charge in [-0.15, -0.1) is 0 Å². The fourth-order valence-electron chi connectivity index (χ4n) is 4.09. The molecule has 3 heterocycles. The van der Waals surface area contributed by atoms with E-state index < -0.39 is 16.9 Å². The maximum atomic E-state index is 12.7. The zero-order valence-corrected chi connectivity index (χ0v) is 19.1. The van der Waals surface area contributed by atoms with E-state index in [4.69, 9.17) is 9.47 Å². The van der Waals surface area contributed by atoms with Gasteiger partial charge in [-0.25, -0.2) is 9.79 Å². The molecule has 1 amide bonds. The number of amidine groups is 1. The maximum Gasteiger partial charge on any atom is 0.338 e. The quantitative estimate of drug-likeness (QED) is 0.365. The number of aliphatic imine (C=N–C) groups is 1. The Balaban J connectivity index is 1.61. The third-order valence-electron chi connectivity index (χ3n) is 5.72. The van der Waals surface area contributed by atoms with Crippen LogP contribution in [0, 0.1) is 10.1 Å². The summed E-state index contributed by atoms with van der Waals surface area (Å²) in [4.78, 5) is 42.4. The number of methoxy groups -OCH3 is 1. The molecule has 0 spiro atoms. The summed E-state index contributed by atoms with van der Waals surface area (Å²) in [5.74, 6) is -0.704. The third-order valence-corrected chi connectivity index (χ3v) is 6.61. The first-order valence-corrected chi connectivity index (χ1v) is 11.4. The Bertz CT molecular complexity index is 1060. The number of hydrogen-bond acceptors (Lipinski definition) is 9. The average Bonchev–Trinajstić information content (AvgIpc) is 3.46. The van der Waals surface area contributed by atoms with Gasteiger partial charge in [-0.3, -0.25) is 14.9 Å². The maximum absolute atomic E-state index is 12.7. The van der Waals surface area contributed by atoms with Gasteiger partial charge >= 0.3 is 5.97 Å². The van der Waals surface area contributed by atoms with Crippen LogP contribution in [0.3, 0.4) is 0 Å². The highest BCUT2D eigenvalue weighted by Crippen LogP contribution is 2.45. The lowest BCUT2D eigenvalue weighted by Gasteiger charge is -2.36. The van der Waals surface area contributed by atoms with Crippen LogP contribution in [0.2, 0.25) is 0 Å². The molecule has 0 radical (unpaired) electrons. The lowest BCUT2D eigenvalue weighted by atomic mass is 9.93. The molecule has 174 valence electrons. The van der Waals surface area contributed by atoms with E-state index in [9.17, 15) is 19.7 Å². The number of amides is 1. The van der Waals surface area contributed by atoms with Crippen molar-refractivity contribution in [3.63, 3.8) is 0 Å². The van der Waals surface area contributed by atoms with Gasteiger partial charge in [0.25, 0.3) is 5.69 Å². The first kappa shape index (κ1) is 23.0. The third kappa shape index (κ3) is 4.79. The van der Waals surface area contributed by atoms with E-state index in [0.29, 0.717) is 34.2 Å².